The predicted octanol–water partition coefficient (Wildman–Crippen LogP) is 27.5. The first-order valence-corrected chi connectivity index (χ1v) is 52.2. The van der Waals surface area contributed by atoms with Crippen LogP contribution in [0.4, 0.5) is 0 Å². The minimum atomic E-state index is -0.759. The summed E-state index contributed by atoms with van der Waals surface area (Å²) < 4.78 is 55.7. The molecule has 10 atom stereocenters. The summed E-state index contributed by atoms with van der Waals surface area (Å²) in [4.78, 5) is 112. The van der Waals surface area contributed by atoms with Crippen molar-refractivity contribution in [2.45, 2.75) is 462 Å². The average Bonchev–Trinajstić information content (AvgIpc) is 0.927. The number of hydrogen-bond donors (Lipinski definition) is 4. The van der Waals surface area contributed by atoms with Crippen molar-refractivity contribution in [3.05, 3.63) is 86.6 Å². The fourth-order valence-corrected chi connectivity index (χ4v) is 12.2. The fourth-order valence-electron chi connectivity index (χ4n) is 12.2. The molecule has 0 aromatic carbocycles. The second kappa shape index (κ2) is 92.7. The van der Waals surface area contributed by atoms with E-state index < -0.39 is 22.8 Å². The number of allylic oxidation sites excluding steroid dienone is 4. The van der Waals surface area contributed by atoms with Crippen LogP contribution in [0.25, 0.3) is 0 Å². The molecule has 25 heteroatoms. The average molecular weight is 2010 g/mol. The van der Waals surface area contributed by atoms with Gasteiger partial charge in [0.2, 0.25) is 0 Å². The summed E-state index contributed by atoms with van der Waals surface area (Å²) in [5.74, 6) is -1.70. The van der Waals surface area contributed by atoms with E-state index >= 15 is 0 Å². The maximum Gasteiger partial charge on any atom is 0.308 e. The van der Waals surface area contributed by atoms with Gasteiger partial charge in [0.05, 0.1) is 113 Å². The third-order valence-electron chi connectivity index (χ3n) is 22.2. The summed E-state index contributed by atoms with van der Waals surface area (Å²) in [6.45, 7) is 93.0. The molecule has 0 aromatic rings. The number of rotatable bonds is 64. The molecule has 0 rings (SSSR count). The number of carboxylic acid groups (broad SMARTS) is 1. The number of aliphatic carboxylic acids is 1. The number of ether oxygens (including phenoxy) is 11. The largest absolute Gasteiger partial charge is 0.481 e. The van der Waals surface area contributed by atoms with E-state index in [9.17, 15) is 63.3 Å². The van der Waals surface area contributed by atoms with Gasteiger partial charge in [-0.1, -0.05) is 170 Å². The van der Waals surface area contributed by atoms with Gasteiger partial charge in [0.15, 0.2) is 0 Å². The van der Waals surface area contributed by atoms with Crippen LogP contribution in [0.2, 0.25) is 0 Å². The number of esters is 8. The van der Waals surface area contributed by atoms with E-state index in [1.54, 1.807) is 101 Å². The lowest BCUT2D eigenvalue weighted by molar-refractivity contribution is -0.148. The zero-order chi connectivity index (χ0) is 112. The second-order valence-corrected chi connectivity index (χ2v) is 42.6. The molecule has 0 aliphatic rings. The molecule has 10 unspecified atom stereocenters. The second-order valence-electron chi connectivity index (χ2n) is 42.6. The number of Topliss-reactive ketones (excluding diaryl/α,β-unsaturated/α-hetero) is 1. The Labute approximate surface area is 862 Å². The third-order valence-corrected chi connectivity index (χ3v) is 22.2. The summed E-state index contributed by atoms with van der Waals surface area (Å²) in [5.41, 5.74) is 1.82. The van der Waals surface area contributed by atoms with Crippen LogP contribution >= 0.6 is 0 Å². The smallest absolute Gasteiger partial charge is 0.308 e. The van der Waals surface area contributed by atoms with Crippen molar-refractivity contribution < 1.29 is 120 Å². The quantitative estimate of drug-likeness (QED) is 0.0250. The van der Waals surface area contributed by atoms with E-state index in [4.69, 9.17) is 57.2 Å². The van der Waals surface area contributed by atoms with Crippen molar-refractivity contribution in [1.82, 2.24) is 0 Å². The minimum Gasteiger partial charge on any atom is -0.481 e. The highest BCUT2D eigenvalue weighted by Gasteiger charge is 2.26. The van der Waals surface area contributed by atoms with Gasteiger partial charge in [0, 0.05) is 26.7 Å². The molecule has 0 fully saturated rings. The zero-order valence-corrected chi connectivity index (χ0v) is 97.1. The Morgan fingerprint density at radius 2 is 0.504 bits per heavy atom. The summed E-state index contributed by atoms with van der Waals surface area (Å²) in [6, 6.07) is 0. The SMILES string of the molecule is C=C(C)CCCC(C)C(=O)OCC.C=CCOC(=O)C(C)CCC=C(C)C.C=CCOC(=O)C(C)CCCC(=C)C.C=CCOC(=O)C(C)CCCC(C)(C)O.C=CCOC(=O)C(C)CCCC(C)(C)OC.CC(=O)C(C)CCCC(C)(C)C.CC(CCCC(C)(C)O)C(=O)O.CCOC(=O)C(C)CCCC(C)(C)O.CCOC(=O)C(C)CCCC(C)(C)OC.CCOC(=O)C(C)CCCC(C)(C)OCC. The molecule has 832 valence electrons. The summed E-state index contributed by atoms with van der Waals surface area (Å²) in [5, 5.41) is 36.8. The lowest BCUT2D eigenvalue weighted by Crippen LogP contribution is -2.24. The summed E-state index contributed by atoms with van der Waals surface area (Å²) >= 11 is 0. The molecule has 0 aromatic heterocycles. The molecule has 0 saturated carbocycles. The Kier molecular flexibility index (Phi) is 101. The number of ketones is 1. The standard InChI is InChI=1S/C13H24O3.C13H26O3.C12H24O3.C12H22O3.2C12H20O2.C11H22O3.C11H20O2.C11H22O.C9H18O3/c1-6-10-16-12(14)11(2)8-7-9-13(3,4)15-5;1-6-15-12(14)11(3)9-8-10-13(4,5)16-7-2;1-6-15-11(13)10(2)8-7-9-12(3,4)14-5;1-5-9-15-11(13)10(2)7-6-8-12(3,4)14;2*1-5-9-14-12(13)11(4)8-6-7-10(2)3;1-5-14-10(12)9(2)7-6-8-11(3,4)13;1-5-13-11(12)10(4)8-6-7-9(2)3;1-9(10(2)12)7-6-8-11(3,4)5;1-7(8(10)11)5-4-6-9(2,3)12/h6,11H,1,7-10H2,2-5H3;11H,6-10H2,1-5H3;10H,6-9H2,1-5H3;5,10,14H,1,6-9H2,2-4H3;5,7,11H,1,6,8-9H2,2-4H3;5,11H,1-2,6-9H2,3-4H3;9,13H,5-8H2,1-4H3;10H,2,5-8H2,1,3-4H3;9H,6-8H2,1-5H3;7,12H,4-6H2,1-3H3,(H,10,11). The Morgan fingerprint density at radius 1 is 0.291 bits per heavy atom. The van der Waals surface area contributed by atoms with Crippen LogP contribution in [0.5, 0.6) is 0 Å². The molecule has 141 heavy (non-hydrogen) atoms. The topological polar surface area (TPSA) is 353 Å². The molecule has 0 amide bonds. The van der Waals surface area contributed by atoms with Crippen molar-refractivity contribution in [2.75, 3.05) is 73.7 Å². The molecular formula is C116H218O25. The van der Waals surface area contributed by atoms with Gasteiger partial charge in [-0.25, -0.2) is 0 Å². The number of carbonyl (C=O) groups is 10. The van der Waals surface area contributed by atoms with Crippen LogP contribution in [-0.2, 0) is 100 Å². The Bertz CT molecular complexity index is 3240. The van der Waals surface area contributed by atoms with E-state index in [1.807, 2.05) is 118 Å². The van der Waals surface area contributed by atoms with Crippen LogP contribution in [0.1, 0.15) is 429 Å². The van der Waals surface area contributed by atoms with E-state index in [0.717, 1.165) is 166 Å². The van der Waals surface area contributed by atoms with Crippen LogP contribution < -0.4 is 0 Å². The van der Waals surface area contributed by atoms with Crippen molar-refractivity contribution >= 4 is 59.5 Å². The highest BCUT2D eigenvalue weighted by Crippen LogP contribution is 2.27. The number of methoxy groups -OCH3 is 2. The first-order valence-electron chi connectivity index (χ1n) is 52.2. The first kappa shape index (κ1) is 154. The molecule has 0 bridgehead atoms. The van der Waals surface area contributed by atoms with Crippen molar-refractivity contribution in [3.63, 3.8) is 0 Å². The molecule has 0 aliphatic carbocycles. The van der Waals surface area contributed by atoms with E-state index in [0.29, 0.717) is 76.7 Å². The van der Waals surface area contributed by atoms with Gasteiger partial charge < -0.3 is 72.5 Å². The summed E-state index contributed by atoms with van der Waals surface area (Å²) in [6.07, 6.45) is 34.5. The lowest BCUT2D eigenvalue weighted by atomic mass is 9.87. The van der Waals surface area contributed by atoms with Gasteiger partial charge in [0.1, 0.15) is 32.2 Å². The molecule has 0 heterocycles. The lowest BCUT2D eigenvalue weighted by Gasteiger charge is -2.25. The van der Waals surface area contributed by atoms with Gasteiger partial charge in [-0.3, -0.25) is 47.9 Å². The Balaban J connectivity index is -0.000000169. The maximum atomic E-state index is 11.4. The van der Waals surface area contributed by atoms with Gasteiger partial charge >= 0.3 is 53.7 Å². The number of carboxylic acids is 1. The van der Waals surface area contributed by atoms with Crippen molar-refractivity contribution in [1.29, 1.82) is 0 Å². The number of carbonyl (C=O) groups excluding carboxylic acids is 9. The molecule has 25 nitrogen and oxygen atoms in total. The fraction of sp³-hybridized carbons (Fsp3) is 0.793. The van der Waals surface area contributed by atoms with Gasteiger partial charge in [-0.05, 0) is 338 Å². The van der Waals surface area contributed by atoms with E-state index in [-0.39, 0.29) is 130 Å². The Hall–Kier alpha value is -7.16. The van der Waals surface area contributed by atoms with Crippen LogP contribution in [0.3, 0.4) is 0 Å². The van der Waals surface area contributed by atoms with E-state index in [1.165, 1.54) is 24.0 Å². The van der Waals surface area contributed by atoms with Gasteiger partial charge in [-0.15, -0.1) is 13.2 Å². The van der Waals surface area contributed by atoms with Crippen LogP contribution in [-0.4, -0.2) is 187 Å². The van der Waals surface area contributed by atoms with Crippen LogP contribution in [0, 0.1) is 64.6 Å². The predicted molar refractivity (Wildman–Crippen MR) is 580 cm³/mol. The molecule has 4 N–H and O–H groups in total. The van der Waals surface area contributed by atoms with Gasteiger partial charge in [0.25, 0.3) is 0 Å². The monoisotopic (exact) mass is 2010 g/mol. The normalized spacial score (nSPS) is 13.2. The highest BCUT2D eigenvalue weighted by atomic mass is 16.6. The number of hydrogen-bond acceptors (Lipinski definition) is 24. The molecular weight excluding hydrogens is 1790 g/mol. The maximum absolute atomic E-state index is 11.4. The minimum absolute atomic E-state index is 0.00222. The molecule has 0 aliphatic heterocycles. The van der Waals surface area contributed by atoms with Crippen LogP contribution in [0.15, 0.2) is 86.6 Å². The highest BCUT2D eigenvalue weighted by molar-refractivity contribution is 5.78. The number of aliphatic hydroxyl groups is 3. The molecule has 0 radical (unpaired) electrons. The first-order chi connectivity index (χ1) is 64.9. The van der Waals surface area contributed by atoms with Crippen molar-refractivity contribution in [3.8, 4) is 0 Å². The summed E-state index contributed by atoms with van der Waals surface area (Å²) in [7, 11) is 3.43. The Morgan fingerprint density at radius 3 is 0.702 bits per heavy atom. The third kappa shape index (κ3) is 120. The molecule has 0 spiro atoms. The van der Waals surface area contributed by atoms with Gasteiger partial charge in [-0.2, -0.15) is 0 Å². The van der Waals surface area contributed by atoms with Crippen molar-refractivity contribution in [2.24, 2.45) is 64.6 Å². The zero-order valence-electron chi connectivity index (χ0n) is 97.1. The molecule has 0 saturated heterocycles. The van der Waals surface area contributed by atoms with E-state index in [2.05, 4.69) is 108 Å².